The third-order valence-electron chi connectivity index (χ3n) is 12.4. The highest BCUT2D eigenvalue weighted by Crippen LogP contribution is 2.74. The minimum atomic E-state index is -0.610. The first-order chi connectivity index (χ1) is 16.1. The average molecular weight is 477 g/mol. The molecule has 5 rings (SSSR count). The van der Waals surface area contributed by atoms with Crippen molar-refractivity contribution in [2.45, 2.75) is 93.4 Å². The molecule has 3 saturated carbocycles. The summed E-state index contributed by atoms with van der Waals surface area (Å²) in [6.07, 6.45) is 11.4. The highest BCUT2D eigenvalue weighted by atomic mass is 16.1. The molecule has 0 aromatic heterocycles. The number of hydrogen-bond donors (Lipinski definition) is 1. The molecule has 4 nitrogen and oxygen atoms in total. The normalized spacial score (nSPS) is 47.8. The number of nitrogens with zero attached hydrogens (tertiary/aromatic N) is 1. The van der Waals surface area contributed by atoms with E-state index >= 15 is 0 Å². The van der Waals surface area contributed by atoms with E-state index in [1.165, 1.54) is 12.0 Å². The van der Waals surface area contributed by atoms with Crippen molar-refractivity contribution in [2.75, 3.05) is 6.54 Å². The Bertz CT molecular complexity index is 1110. The zero-order valence-electron chi connectivity index (χ0n) is 22.9. The van der Waals surface area contributed by atoms with Gasteiger partial charge in [0.2, 0.25) is 5.70 Å². The van der Waals surface area contributed by atoms with Crippen molar-refractivity contribution in [3.8, 4) is 0 Å². The molecular formula is C31H44N2O2. The Morgan fingerprint density at radius 3 is 2.29 bits per heavy atom. The van der Waals surface area contributed by atoms with Crippen LogP contribution in [0.5, 0.6) is 0 Å². The number of Topliss-reactive ketones (excluding diaryl/α,β-unsaturated/α-hetero) is 1. The molecule has 7 atom stereocenters. The molecule has 0 aromatic carbocycles. The SMILES string of the molecule is [C-]#[N+]C1=C[C@]2(C)C3=CC(=O)[C@@H]4[C@@H]5CC(C)(C)CC[C@]5(CN)CC[C@@]4(C)[C@]3(C)CC[C@H]2C(C)(C)C1=O. The van der Waals surface area contributed by atoms with Gasteiger partial charge < -0.3 is 10.5 Å². The van der Waals surface area contributed by atoms with E-state index in [9.17, 15) is 9.59 Å². The summed E-state index contributed by atoms with van der Waals surface area (Å²) < 4.78 is 0. The van der Waals surface area contributed by atoms with Crippen molar-refractivity contribution in [2.24, 2.45) is 56.0 Å². The number of carbonyl (C=O) groups is 2. The second-order valence-corrected chi connectivity index (χ2v) is 14.8. The molecule has 5 aliphatic rings. The molecule has 5 aliphatic carbocycles. The van der Waals surface area contributed by atoms with Gasteiger partial charge in [-0.3, -0.25) is 4.79 Å². The monoisotopic (exact) mass is 476 g/mol. The molecule has 0 aliphatic heterocycles. The molecular weight excluding hydrogens is 432 g/mol. The molecule has 2 N–H and O–H groups in total. The molecule has 35 heavy (non-hydrogen) atoms. The van der Waals surface area contributed by atoms with Gasteiger partial charge in [-0.15, -0.1) is 0 Å². The van der Waals surface area contributed by atoms with Crippen LogP contribution in [0.15, 0.2) is 23.4 Å². The van der Waals surface area contributed by atoms with Crippen LogP contribution < -0.4 is 5.73 Å². The van der Waals surface area contributed by atoms with Crippen LogP contribution in [0.2, 0.25) is 0 Å². The Kier molecular flexibility index (Phi) is 5.12. The zero-order valence-corrected chi connectivity index (χ0v) is 22.9. The van der Waals surface area contributed by atoms with Crippen LogP contribution in [0.3, 0.4) is 0 Å². The lowest BCUT2D eigenvalue weighted by Crippen LogP contribution is -2.65. The summed E-state index contributed by atoms with van der Waals surface area (Å²) in [5.41, 5.74) is 6.89. The van der Waals surface area contributed by atoms with E-state index in [1.54, 1.807) is 0 Å². The van der Waals surface area contributed by atoms with Gasteiger partial charge in [0.15, 0.2) is 11.6 Å². The van der Waals surface area contributed by atoms with Gasteiger partial charge in [0.05, 0.1) is 6.57 Å². The number of hydrogen-bond acceptors (Lipinski definition) is 3. The lowest BCUT2D eigenvalue weighted by Gasteiger charge is -2.69. The van der Waals surface area contributed by atoms with E-state index in [0.717, 1.165) is 38.5 Å². The lowest BCUT2D eigenvalue weighted by atomic mass is 9.34. The third-order valence-corrected chi connectivity index (χ3v) is 12.4. The predicted octanol–water partition coefficient (Wildman–Crippen LogP) is 6.52. The molecule has 0 aromatic rings. The van der Waals surface area contributed by atoms with Gasteiger partial charge in [-0.05, 0) is 91.1 Å². The van der Waals surface area contributed by atoms with Crippen molar-refractivity contribution >= 4 is 11.6 Å². The number of fused-ring (bicyclic) bond motifs is 7. The van der Waals surface area contributed by atoms with Crippen LogP contribution in [-0.4, -0.2) is 18.1 Å². The first-order valence-electron chi connectivity index (χ1n) is 13.7. The summed E-state index contributed by atoms with van der Waals surface area (Å²) in [7, 11) is 0. The number of ketones is 2. The van der Waals surface area contributed by atoms with E-state index in [2.05, 4.69) is 39.5 Å². The van der Waals surface area contributed by atoms with Crippen molar-refractivity contribution in [1.82, 2.24) is 0 Å². The lowest BCUT2D eigenvalue weighted by molar-refractivity contribution is -0.169. The third kappa shape index (κ3) is 2.94. The molecule has 0 bridgehead atoms. The van der Waals surface area contributed by atoms with Crippen molar-refractivity contribution in [3.63, 3.8) is 0 Å². The Morgan fingerprint density at radius 2 is 1.66 bits per heavy atom. The van der Waals surface area contributed by atoms with Crippen molar-refractivity contribution in [1.29, 1.82) is 0 Å². The summed E-state index contributed by atoms with van der Waals surface area (Å²) in [6, 6.07) is 0. The molecule has 0 heterocycles. The van der Waals surface area contributed by atoms with E-state index in [0.29, 0.717) is 12.5 Å². The molecule has 190 valence electrons. The Morgan fingerprint density at radius 1 is 1.00 bits per heavy atom. The standard InChI is InChI=1S/C31H44N2O2/c1-26(2)11-13-31(18-32)14-12-30(7)24(19(31)16-26)21(34)15-23-28(5)17-20(33-8)25(35)27(3,4)22(28)9-10-29(23,30)6/h15,17,19,22,24H,9-14,16,18,32H2,1-7H3/t19-,22-,24-,28-,29+,30+,31+/m0/s1. The van der Waals surface area contributed by atoms with Crippen LogP contribution in [0.4, 0.5) is 0 Å². The highest BCUT2D eigenvalue weighted by Gasteiger charge is 2.69. The number of allylic oxidation sites excluding steroid dienone is 4. The van der Waals surface area contributed by atoms with Gasteiger partial charge in [0.1, 0.15) is 0 Å². The van der Waals surface area contributed by atoms with Crippen LogP contribution in [-0.2, 0) is 9.59 Å². The van der Waals surface area contributed by atoms with E-state index in [-0.39, 0.29) is 50.8 Å². The topological polar surface area (TPSA) is 64.5 Å². The van der Waals surface area contributed by atoms with Gasteiger partial charge >= 0.3 is 0 Å². The van der Waals surface area contributed by atoms with Gasteiger partial charge in [-0.1, -0.05) is 60.1 Å². The summed E-state index contributed by atoms with van der Waals surface area (Å²) in [4.78, 5) is 31.1. The maximum atomic E-state index is 14.3. The van der Waals surface area contributed by atoms with Gasteiger partial charge in [0, 0.05) is 16.7 Å². The Hall–Kier alpha value is -1.73. The highest BCUT2D eigenvalue weighted by molar-refractivity contribution is 6.03. The van der Waals surface area contributed by atoms with Crippen LogP contribution in [0.25, 0.3) is 4.85 Å². The fraction of sp³-hybridized carbons (Fsp3) is 0.774. The first kappa shape index (κ1) is 24.9. The first-order valence-corrected chi connectivity index (χ1v) is 13.7. The van der Waals surface area contributed by atoms with Crippen molar-refractivity contribution in [3.05, 3.63) is 34.8 Å². The quantitative estimate of drug-likeness (QED) is 0.438. The van der Waals surface area contributed by atoms with Crippen LogP contribution in [0, 0.1) is 56.8 Å². The second-order valence-electron chi connectivity index (χ2n) is 14.8. The molecule has 0 amide bonds. The summed E-state index contributed by atoms with van der Waals surface area (Å²) >= 11 is 0. The minimum Gasteiger partial charge on any atom is -0.330 e. The Balaban J connectivity index is 1.70. The average Bonchev–Trinajstić information content (AvgIpc) is 2.77. The van der Waals surface area contributed by atoms with Gasteiger partial charge in [0.25, 0.3) is 0 Å². The van der Waals surface area contributed by atoms with E-state index in [1.807, 2.05) is 26.0 Å². The van der Waals surface area contributed by atoms with E-state index in [4.69, 9.17) is 12.3 Å². The molecule has 0 saturated heterocycles. The maximum absolute atomic E-state index is 14.3. The minimum absolute atomic E-state index is 0.00387. The van der Waals surface area contributed by atoms with Crippen molar-refractivity contribution < 1.29 is 9.59 Å². The number of rotatable bonds is 1. The van der Waals surface area contributed by atoms with Gasteiger partial charge in [-0.25, -0.2) is 4.85 Å². The van der Waals surface area contributed by atoms with E-state index < -0.39 is 10.8 Å². The van der Waals surface area contributed by atoms with Gasteiger partial charge in [-0.2, -0.15) is 0 Å². The molecule has 0 unspecified atom stereocenters. The molecule has 4 heteroatoms. The molecule has 3 fully saturated rings. The zero-order chi connectivity index (χ0) is 25.8. The number of carbonyl (C=O) groups excluding carboxylic acids is 2. The molecule has 0 radical (unpaired) electrons. The predicted molar refractivity (Wildman–Crippen MR) is 139 cm³/mol. The Labute approximate surface area is 212 Å². The summed E-state index contributed by atoms with van der Waals surface area (Å²) in [6.45, 7) is 24.1. The molecule has 0 spiro atoms. The number of nitrogens with two attached hydrogens (primary N) is 1. The summed E-state index contributed by atoms with van der Waals surface area (Å²) in [5, 5.41) is 0. The van der Waals surface area contributed by atoms with Crippen LogP contribution >= 0.6 is 0 Å². The van der Waals surface area contributed by atoms with Crippen LogP contribution in [0.1, 0.15) is 93.4 Å². The fourth-order valence-corrected chi connectivity index (χ4v) is 10.1. The second kappa shape index (κ2) is 7.18. The summed E-state index contributed by atoms with van der Waals surface area (Å²) in [5.74, 6) is 0.646. The smallest absolute Gasteiger partial charge is 0.226 e. The fourth-order valence-electron chi connectivity index (χ4n) is 10.1. The maximum Gasteiger partial charge on any atom is 0.226 e. The largest absolute Gasteiger partial charge is 0.330 e.